The number of alkyl carbamates (subject to hydrolysis) is 1. The first-order valence-electron chi connectivity index (χ1n) is 11.7. The minimum absolute atomic E-state index is 0.0658. The van der Waals surface area contributed by atoms with Crippen molar-refractivity contribution in [1.29, 1.82) is 0 Å². The molecule has 2 aromatic carbocycles. The zero-order valence-electron chi connectivity index (χ0n) is 18.9. The number of nitrogens with zero attached hydrogens (tertiary/aromatic N) is 1. The monoisotopic (exact) mass is 480 g/mol. The Labute approximate surface area is 202 Å². The molecular weight excluding hydrogens is 452 g/mol. The fraction of sp³-hybridized carbons (Fsp3) is 0.423. The number of amides is 2. The van der Waals surface area contributed by atoms with E-state index < -0.39 is 23.6 Å². The Balaban J connectivity index is 1.30. The summed E-state index contributed by atoms with van der Waals surface area (Å²) in [6.45, 7) is 0.539. The van der Waals surface area contributed by atoms with Crippen LogP contribution in [-0.4, -0.2) is 64.2 Å². The molecule has 1 heterocycles. The Morgan fingerprint density at radius 3 is 2.26 bits per heavy atom. The quantitative estimate of drug-likeness (QED) is 0.675. The zero-order valence-corrected chi connectivity index (χ0v) is 19.7. The van der Waals surface area contributed by atoms with Crippen LogP contribution in [0.15, 0.2) is 48.5 Å². The molecule has 0 spiro atoms. The maximum absolute atomic E-state index is 13.5. The average molecular weight is 481 g/mol. The zero-order chi connectivity index (χ0) is 23.7. The lowest BCUT2D eigenvalue weighted by Gasteiger charge is -2.39. The van der Waals surface area contributed by atoms with Crippen molar-refractivity contribution in [1.82, 2.24) is 10.2 Å². The fourth-order valence-electron chi connectivity index (χ4n) is 5.53. The van der Waals surface area contributed by atoms with E-state index in [0.29, 0.717) is 30.9 Å². The summed E-state index contributed by atoms with van der Waals surface area (Å²) in [4.78, 5) is 39.7. The number of carboxylic acid groups (broad SMARTS) is 1. The molecule has 2 aromatic rings. The van der Waals surface area contributed by atoms with Crippen LogP contribution in [0.2, 0.25) is 0 Å². The van der Waals surface area contributed by atoms with Gasteiger partial charge in [0.25, 0.3) is 0 Å². The highest BCUT2D eigenvalue weighted by Gasteiger charge is 2.48. The van der Waals surface area contributed by atoms with Crippen molar-refractivity contribution in [2.45, 2.75) is 43.2 Å². The van der Waals surface area contributed by atoms with E-state index in [-0.39, 0.29) is 18.4 Å². The van der Waals surface area contributed by atoms with Gasteiger partial charge in [-0.05, 0) is 35.1 Å². The largest absolute Gasteiger partial charge is 0.480 e. The van der Waals surface area contributed by atoms with Gasteiger partial charge in [0, 0.05) is 24.0 Å². The van der Waals surface area contributed by atoms with Crippen LogP contribution in [-0.2, 0) is 14.3 Å². The third kappa shape index (κ3) is 4.04. The summed E-state index contributed by atoms with van der Waals surface area (Å²) in [5.74, 6) is -0.316. The molecule has 34 heavy (non-hydrogen) atoms. The van der Waals surface area contributed by atoms with E-state index in [9.17, 15) is 19.5 Å². The second-order valence-electron chi connectivity index (χ2n) is 9.17. The normalized spacial score (nSPS) is 20.9. The van der Waals surface area contributed by atoms with Gasteiger partial charge in [-0.15, -0.1) is 0 Å². The van der Waals surface area contributed by atoms with Gasteiger partial charge >= 0.3 is 12.1 Å². The van der Waals surface area contributed by atoms with Gasteiger partial charge < -0.3 is 20.1 Å². The lowest BCUT2D eigenvalue weighted by molar-refractivity contribution is -0.152. The minimum Gasteiger partial charge on any atom is -0.480 e. The summed E-state index contributed by atoms with van der Waals surface area (Å²) >= 11 is 1.53. The molecule has 3 aliphatic rings. The molecule has 0 bridgehead atoms. The number of carbonyl (C=O) groups excluding carboxylic acids is 2. The van der Waals surface area contributed by atoms with Crippen LogP contribution < -0.4 is 5.32 Å². The molecule has 1 saturated carbocycles. The highest BCUT2D eigenvalue weighted by atomic mass is 32.2. The molecule has 5 rings (SSSR count). The number of fused-ring (bicyclic) bond motifs is 3. The number of thioether (sulfide) groups is 1. The Morgan fingerprint density at radius 1 is 1.03 bits per heavy atom. The lowest BCUT2D eigenvalue weighted by Crippen LogP contribution is -2.63. The van der Waals surface area contributed by atoms with Gasteiger partial charge in [-0.25, -0.2) is 9.59 Å². The Hall–Kier alpha value is -3.00. The van der Waals surface area contributed by atoms with Crippen molar-refractivity contribution in [3.63, 3.8) is 0 Å². The second-order valence-corrected chi connectivity index (χ2v) is 10.3. The number of rotatable bonds is 5. The standard InChI is InChI=1S/C26H28N2O5S/c29-23(30)22-16-34-14-13-28(22)24(31)26(11-5-6-12-26)27-25(32)33-15-21-19-9-3-1-7-17(19)18-8-2-4-10-20(18)21/h1-4,7-10,21-22H,5-6,11-16H2,(H,27,32)(H,29,30). The number of benzene rings is 2. The summed E-state index contributed by atoms with van der Waals surface area (Å²) in [6, 6.07) is 15.4. The minimum atomic E-state index is -1.10. The van der Waals surface area contributed by atoms with Crippen molar-refractivity contribution in [3.8, 4) is 11.1 Å². The van der Waals surface area contributed by atoms with E-state index >= 15 is 0 Å². The number of hydrogen-bond donors (Lipinski definition) is 2. The van der Waals surface area contributed by atoms with E-state index in [0.717, 1.165) is 35.1 Å². The van der Waals surface area contributed by atoms with Gasteiger partial charge in [-0.2, -0.15) is 11.8 Å². The van der Waals surface area contributed by atoms with Crippen molar-refractivity contribution in [2.24, 2.45) is 0 Å². The first-order chi connectivity index (χ1) is 16.5. The Kier molecular flexibility index (Phi) is 6.25. The predicted octanol–water partition coefficient (Wildman–Crippen LogP) is 3.87. The maximum Gasteiger partial charge on any atom is 0.408 e. The second kappa shape index (κ2) is 9.33. The maximum atomic E-state index is 13.5. The van der Waals surface area contributed by atoms with Gasteiger partial charge in [0.05, 0.1) is 0 Å². The lowest BCUT2D eigenvalue weighted by atomic mass is 9.94. The third-order valence-electron chi connectivity index (χ3n) is 7.23. The predicted molar refractivity (Wildman–Crippen MR) is 130 cm³/mol. The summed E-state index contributed by atoms with van der Waals surface area (Å²) in [6.07, 6.45) is 1.96. The summed E-state index contributed by atoms with van der Waals surface area (Å²) < 4.78 is 5.70. The molecule has 178 valence electrons. The van der Waals surface area contributed by atoms with Crippen molar-refractivity contribution >= 4 is 29.7 Å². The molecule has 7 nitrogen and oxygen atoms in total. The smallest absolute Gasteiger partial charge is 0.408 e. The molecule has 0 aromatic heterocycles. The number of hydrogen-bond acceptors (Lipinski definition) is 5. The first kappa shape index (κ1) is 22.8. The van der Waals surface area contributed by atoms with Crippen LogP contribution in [0.25, 0.3) is 11.1 Å². The molecule has 2 amide bonds. The van der Waals surface area contributed by atoms with Gasteiger partial charge in [0.15, 0.2) is 0 Å². The van der Waals surface area contributed by atoms with E-state index in [2.05, 4.69) is 29.6 Å². The topological polar surface area (TPSA) is 95.9 Å². The molecule has 1 aliphatic heterocycles. The van der Waals surface area contributed by atoms with Crippen molar-refractivity contribution in [2.75, 3.05) is 24.7 Å². The van der Waals surface area contributed by atoms with Gasteiger partial charge in [-0.3, -0.25) is 4.79 Å². The molecule has 2 aliphatic carbocycles. The van der Waals surface area contributed by atoms with Gasteiger partial charge in [-0.1, -0.05) is 61.4 Å². The van der Waals surface area contributed by atoms with Crippen LogP contribution in [0.5, 0.6) is 0 Å². The van der Waals surface area contributed by atoms with E-state index in [1.165, 1.54) is 16.7 Å². The number of aliphatic carboxylic acids is 1. The molecule has 1 unspecified atom stereocenters. The summed E-state index contributed by atoms with van der Waals surface area (Å²) in [5.41, 5.74) is 3.45. The number of carbonyl (C=O) groups is 3. The van der Waals surface area contributed by atoms with Crippen LogP contribution in [0.3, 0.4) is 0 Å². The summed E-state index contributed by atoms with van der Waals surface area (Å²) in [5, 5.41) is 12.5. The van der Waals surface area contributed by atoms with Gasteiger partial charge in [0.1, 0.15) is 18.2 Å². The molecular formula is C26H28N2O5S. The molecule has 2 fully saturated rings. The Morgan fingerprint density at radius 2 is 1.65 bits per heavy atom. The number of ether oxygens (including phenoxy) is 1. The van der Waals surface area contributed by atoms with Crippen LogP contribution in [0, 0.1) is 0 Å². The average Bonchev–Trinajstić information content (AvgIpc) is 3.46. The van der Waals surface area contributed by atoms with Crippen LogP contribution in [0.1, 0.15) is 42.7 Å². The van der Waals surface area contributed by atoms with Crippen molar-refractivity contribution < 1.29 is 24.2 Å². The molecule has 8 heteroatoms. The van der Waals surface area contributed by atoms with E-state index in [1.54, 1.807) is 0 Å². The SMILES string of the molecule is O=C(NC1(C(=O)N2CCSCC2C(=O)O)CCCC1)OCC1c2ccccc2-c2ccccc21. The van der Waals surface area contributed by atoms with Crippen LogP contribution in [0.4, 0.5) is 4.79 Å². The number of nitrogens with one attached hydrogen (secondary N) is 1. The van der Waals surface area contributed by atoms with Crippen LogP contribution >= 0.6 is 11.8 Å². The molecule has 0 radical (unpaired) electrons. The first-order valence-corrected chi connectivity index (χ1v) is 12.9. The van der Waals surface area contributed by atoms with Crippen molar-refractivity contribution in [3.05, 3.63) is 59.7 Å². The third-order valence-corrected chi connectivity index (χ3v) is 8.25. The highest BCUT2D eigenvalue weighted by Crippen LogP contribution is 2.44. The number of carboxylic acids is 1. The molecule has 2 N–H and O–H groups in total. The van der Waals surface area contributed by atoms with E-state index in [1.807, 2.05) is 24.3 Å². The van der Waals surface area contributed by atoms with Gasteiger partial charge in [0.2, 0.25) is 5.91 Å². The van der Waals surface area contributed by atoms with E-state index in [4.69, 9.17) is 4.74 Å². The molecule has 1 atom stereocenters. The summed E-state index contributed by atoms with van der Waals surface area (Å²) in [7, 11) is 0. The fourth-order valence-corrected chi connectivity index (χ4v) is 6.57. The molecule has 1 saturated heterocycles. The highest BCUT2D eigenvalue weighted by molar-refractivity contribution is 7.99. The Bertz CT molecular complexity index is 1070.